The first kappa shape index (κ1) is 11.5. The summed E-state index contributed by atoms with van der Waals surface area (Å²) in [6, 6.07) is 10.5. The van der Waals surface area contributed by atoms with Crippen molar-refractivity contribution in [2.45, 2.75) is 12.5 Å². The first-order chi connectivity index (χ1) is 8.14. The van der Waals surface area contributed by atoms with Gasteiger partial charge in [-0.3, -0.25) is 9.78 Å². The quantitative estimate of drug-likeness (QED) is 0.817. The predicted molar refractivity (Wildman–Crippen MR) is 64.7 cm³/mol. The summed E-state index contributed by atoms with van der Waals surface area (Å²) in [5.74, 6) is 0. The van der Waals surface area contributed by atoms with Gasteiger partial charge in [-0.25, -0.2) is 0 Å². The van der Waals surface area contributed by atoms with Crippen LogP contribution in [0.5, 0.6) is 0 Å². The fourth-order valence-corrected chi connectivity index (χ4v) is 1.70. The zero-order chi connectivity index (χ0) is 12.3. The number of hydrogen-bond acceptors (Lipinski definition) is 3. The molecule has 0 spiro atoms. The summed E-state index contributed by atoms with van der Waals surface area (Å²) in [5, 5.41) is 10.5. The van der Waals surface area contributed by atoms with Gasteiger partial charge in [0.15, 0.2) is 0 Å². The summed E-state index contributed by atoms with van der Waals surface area (Å²) in [4.78, 5) is 14.6. The average Bonchev–Trinajstić information content (AvgIpc) is 2.40. The third-order valence-corrected chi connectivity index (χ3v) is 2.83. The van der Waals surface area contributed by atoms with Gasteiger partial charge in [-0.05, 0) is 18.6 Å². The van der Waals surface area contributed by atoms with Crippen LogP contribution in [0.15, 0.2) is 48.8 Å². The number of aliphatic hydroxyl groups is 1. The second-order valence-corrected chi connectivity index (χ2v) is 4.05. The van der Waals surface area contributed by atoms with Crippen LogP contribution in [0.4, 0.5) is 0 Å². The van der Waals surface area contributed by atoms with Crippen LogP contribution in [-0.2, 0) is 5.60 Å². The highest BCUT2D eigenvalue weighted by molar-refractivity contribution is 5.74. The van der Waals surface area contributed by atoms with E-state index in [0.29, 0.717) is 5.56 Å². The van der Waals surface area contributed by atoms with Gasteiger partial charge in [0, 0.05) is 23.5 Å². The summed E-state index contributed by atoms with van der Waals surface area (Å²) in [7, 11) is 0. The minimum Gasteiger partial charge on any atom is -0.381 e. The van der Waals surface area contributed by atoms with E-state index in [1.807, 2.05) is 6.07 Å². The molecule has 0 bridgehead atoms. The molecule has 0 aliphatic rings. The highest BCUT2D eigenvalue weighted by atomic mass is 16.3. The van der Waals surface area contributed by atoms with Gasteiger partial charge in [0.1, 0.15) is 11.9 Å². The lowest BCUT2D eigenvalue weighted by Crippen LogP contribution is -2.22. The van der Waals surface area contributed by atoms with Crippen LogP contribution < -0.4 is 0 Å². The van der Waals surface area contributed by atoms with Crippen LogP contribution >= 0.6 is 0 Å². The van der Waals surface area contributed by atoms with Crippen LogP contribution in [0.3, 0.4) is 0 Å². The van der Waals surface area contributed by atoms with Gasteiger partial charge < -0.3 is 5.11 Å². The first-order valence-corrected chi connectivity index (χ1v) is 5.33. The molecule has 0 saturated carbocycles. The van der Waals surface area contributed by atoms with Crippen molar-refractivity contribution in [2.75, 3.05) is 0 Å². The Morgan fingerprint density at radius 1 is 1.18 bits per heavy atom. The number of rotatable bonds is 3. The number of hydrogen-bond donors (Lipinski definition) is 1. The van der Waals surface area contributed by atoms with E-state index in [9.17, 15) is 9.90 Å². The van der Waals surface area contributed by atoms with Gasteiger partial charge in [-0.2, -0.15) is 0 Å². The summed E-state index contributed by atoms with van der Waals surface area (Å²) < 4.78 is 0. The third-order valence-electron chi connectivity index (χ3n) is 2.83. The van der Waals surface area contributed by atoms with Gasteiger partial charge in [-0.15, -0.1) is 0 Å². The van der Waals surface area contributed by atoms with Gasteiger partial charge in [0.05, 0.1) is 0 Å². The number of pyridine rings is 1. The Morgan fingerprint density at radius 2 is 1.88 bits per heavy atom. The maximum atomic E-state index is 10.6. The summed E-state index contributed by atoms with van der Waals surface area (Å²) in [5.41, 5.74) is 0.945. The number of benzene rings is 1. The van der Waals surface area contributed by atoms with Crippen molar-refractivity contribution >= 4 is 6.29 Å². The number of carbonyl (C=O) groups excluding carboxylic acids is 1. The van der Waals surface area contributed by atoms with E-state index >= 15 is 0 Å². The molecule has 1 heterocycles. The lowest BCUT2D eigenvalue weighted by molar-refractivity contribution is 0.102. The van der Waals surface area contributed by atoms with Gasteiger partial charge in [-0.1, -0.05) is 30.3 Å². The zero-order valence-electron chi connectivity index (χ0n) is 9.50. The first-order valence-electron chi connectivity index (χ1n) is 5.33. The highest BCUT2D eigenvalue weighted by Gasteiger charge is 2.25. The fraction of sp³-hybridized carbons (Fsp3) is 0.143. The van der Waals surface area contributed by atoms with E-state index in [1.54, 1.807) is 49.6 Å². The molecule has 0 amide bonds. The molecule has 0 saturated heterocycles. The largest absolute Gasteiger partial charge is 0.381 e. The Balaban J connectivity index is 2.40. The second-order valence-electron chi connectivity index (χ2n) is 4.05. The van der Waals surface area contributed by atoms with Crippen molar-refractivity contribution in [1.82, 2.24) is 4.98 Å². The molecule has 0 aliphatic heterocycles. The van der Waals surface area contributed by atoms with Crippen molar-refractivity contribution in [2.24, 2.45) is 0 Å². The molecule has 17 heavy (non-hydrogen) atoms. The third kappa shape index (κ3) is 2.24. The summed E-state index contributed by atoms with van der Waals surface area (Å²) >= 11 is 0. The Hall–Kier alpha value is -2.00. The van der Waals surface area contributed by atoms with Gasteiger partial charge in [0.2, 0.25) is 0 Å². The molecule has 86 valence electrons. The predicted octanol–water partition coefficient (Wildman–Crippen LogP) is 2.15. The van der Waals surface area contributed by atoms with E-state index in [2.05, 4.69) is 4.98 Å². The normalized spacial score (nSPS) is 14.0. The fourth-order valence-electron chi connectivity index (χ4n) is 1.70. The van der Waals surface area contributed by atoms with E-state index < -0.39 is 5.60 Å². The monoisotopic (exact) mass is 227 g/mol. The maximum Gasteiger partial charge on any atom is 0.150 e. The lowest BCUT2D eigenvalue weighted by atomic mass is 9.89. The highest BCUT2D eigenvalue weighted by Crippen LogP contribution is 2.28. The van der Waals surface area contributed by atoms with E-state index in [0.717, 1.165) is 17.4 Å². The van der Waals surface area contributed by atoms with Crippen molar-refractivity contribution in [3.8, 4) is 0 Å². The standard InChI is InChI=1S/C14H13NO2/c1-14(17,13-3-2-8-15-9-13)12-6-4-11(10-16)5-7-12/h2-10,17H,1H3. The lowest BCUT2D eigenvalue weighted by Gasteiger charge is -2.24. The Kier molecular flexibility index (Phi) is 3.02. The molecule has 1 unspecified atom stereocenters. The number of aromatic nitrogens is 1. The molecular weight excluding hydrogens is 214 g/mol. The van der Waals surface area contributed by atoms with E-state index in [-0.39, 0.29) is 0 Å². The number of nitrogens with zero attached hydrogens (tertiary/aromatic N) is 1. The maximum absolute atomic E-state index is 10.6. The van der Waals surface area contributed by atoms with Crippen LogP contribution in [0.2, 0.25) is 0 Å². The smallest absolute Gasteiger partial charge is 0.150 e. The van der Waals surface area contributed by atoms with E-state index in [1.165, 1.54) is 0 Å². The molecule has 2 rings (SSSR count). The SMILES string of the molecule is CC(O)(c1ccc(C=O)cc1)c1cccnc1. The molecular formula is C14H13NO2. The van der Waals surface area contributed by atoms with E-state index in [4.69, 9.17) is 0 Å². The summed E-state index contributed by atoms with van der Waals surface area (Å²) in [6.45, 7) is 1.71. The van der Waals surface area contributed by atoms with Crippen molar-refractivity contribution in [1.29, 1.82) is 0 Å². The molecule has 1 atom stereocenters. The molecule has 1 aromatic carbocycles. The topological polar surface area (TPSA) is 50.2 Å². The Labute approximate surface area is 99.8 Å². The molecule has 0 fully saturated rings. The van der Waals surface area contributed by atoms with Crippen LogP contribution in [0.1, 0.15) is 28.4 Å². The number of aldehydes is 1. The Bertz CT molecular complexity index is 504. The molecule has 1 N–H and O–H groups in total. The van der Waals surface area contributed by atoms with Crippen molar-refractivity contribution < 1.29 is 9.90 Å². The molecule has 3 heteroatoms. The number of carbonyl (C=O) groups is 1. The molecule has 1 aromatic heterocycles. The van der Waals surface area contributed by atoms with Gasteiger partial charge >= 0.3 is 0 Å². The molecule has 3 nitrogen and oxygen atoms in total. The zero-order valence-corrected chi connectivity index (χ0v) is 9.50. The van der Waals surface area contributed by atoms with Crippen LogP contribution in [0.25, 0.3) is 0 Å². The van der Waals surface area contributed by atoms with Crippen molar-refractivity contribution in [3.05, 3.63) is 65.5 Å². The van der Waals surface area contributed by atoms with Crippen LogP contribution in [0, 0.1) is 0 Å². The Morgan fingerprint density at radius 3 is 2.41 bits per heavy atom. The molecule has 0 aliphatic carbocycles. The minimum atomic E-state index is -1.10. The second kappa shape index (κ2) is 4.47. The molecule has 2 aromatic rings. The van der Waals surface area contributed by atoms with Gasteiger partial charge in [0.25, 0.3) is 0 Å². The van der Waals surface area contributed by atoms with Crippen LogP contribution in [-0.4, -0.2) is 16.4 Å². The molecule has 0 radical (unpaired) electrons. The minimum absolute atomic E-state index is 0.593. The van der Waals surface area contributed by atoms with Crippen molar-refractivity contribution in [3.63, 3.8) is 0 Å². The average molecular weight is 227 g/mol. The summed E-state index contributed by atoms with van der Waals surface area (Å²) in [6.07, 6.45) is 4.07.